The molecule has 1 saturated heterocycles. The normalized spacial score (nSPS) is 26.1. The smallest absolute Gasteiger partial charge is 0.308 e. The Morgan fingerprint density at radius 1 is 1.12 bits per heavy atom. The van der Waals surface area contributed by atoms with Gasteiger partial charge in [0.15, 0.2) is 23.0 Å². The number of aromatic hydroxyl groups is 1. The first-order chi connectivity index (χ1) is 19.6. The third kappa shape index (κ3) is 4.04. The third-order valence-electron chi connectivity index (χ3n) is 9.16. The Morgan fingerprint density at radius 3 is 2.54 bits per heavy atom. The first-order valence-corrected chi connectivity index (χ1v) is 14.1. The van der Waals surface area contributed by atoms with Gasteiger partial charge >= 0.3 is 5.97 Å². The SMILES string of the molecule is CCC(=O)NC[C@H]1c2c(c(OC(C)=O)c(C)c3c2OCO3)CC2C3c4c(cc(C)c(OC)c4O)C[C@@H](C(O)N21)N3C. The number of fused-ring (bicyclic) bond motifs is 9. The molecule has 0 saturated carbocycles. The van der Waals surface area contributed by atoms with E-state index in [1.165, 1.54) is 6.92 Å². The van der Waals surface area contributed by atoms with E-state index in [-0.39, 0.29) is 43.1 Å². The summed E-state index contributed by atoms with van der Waals surface area (Å²) >= 11 is 0. The number of aryl methyl sites for hydroxylation is 1. The predicted molar refractivity (Wildman–Crippen MR) is 147 cm³/mol. The van der Waals surface area contributed by atoms with E-state index in [4.69, 9.17) is 18.9 Å². The van der Waals surface area contributed by atoms with Gasteiger partial charge in [0, 0.05) is 48.2 Å². The number of carbonyl (C=O) groups is 2. The van der Waals surface area contributed by atoms with Gasteiger partial charge < -0.3 is 34.5 Å². The summed E-state index contributed by atoms with van der Waals surface area (Å²) in [6, 6.07) is 0.564. The number of hydrogen-bond donors (Lipinski definition) is 3. The second-order valence-corrected chi connectivity index (χ2v) is 11.3. The van der Waals surface area contributed by atoms with Crippen molar-refractivity contribution in [3.8, 4) is 28.7 Å². The number of phenols is 1. The molecule has 1 amide bonds. The molecule has 220 valence electrons. The number of phenolic OH excluding ortho intramolecular Hbond substituents is 1. The van der Waals surface area contributed by atoms with Gasteiger partial charge in [0.25, 0.3) is 0 Å². The predicted octanol–water partition coefficient (Wildman–Crippen LogP) is 2.40. The molecule has 0 radical (unpaired) electrons. The number of ether oxygens (including phenoxy) is 4. The quantitative estimate of drug-likeness (QED) is 0.366. The lowest BCUT2D eigenvalue weighted by Gasteiger charge is -2.60. The highest BCUT2D eigenvalue weighted by molar-refractivity contribution is 5.76. The molecule has 0 aliphatic carbocycles. The molecule has 2 aromatic carbocycles. The van der Waals surface area contributed by atoms with Crippen LogP contribution in [0.25, 0.3) is 0 Å². The molecule has 11 nitrogen and oxygen atoms in total. The highest BCUT2D eigenvalue weighted by Gasteiger charge is 2.56. The van der Waals surface area contributed by atoms with Crippen LogP contribution in [-0.4, -0.2) is 77.7 Å². The van der Waals surface area contributed by atoms with Crippen molar-refractivity contribution in [1.29, 1.82) is 0 Å². The lowest BCUT2D eigenvalue weighted by Crippen LogP contribution is -2.69. The number of carbonyl (C=O) groups excluding carboxylic acids is 2. The molecule has 2 aromatic rings. The lowest BCUT2D eigenvalue weighted by molar-refractivity contribution is -0.172. The number of aliphatic hydroxyl groups excluding tert-OH is 1. The Hall–Kier alpha value is -3.54. The first-order valence-electron chi connectivity index (χ1n) is 14.1. The summed E-state index contributed by atoms with van der Waals surface area (Å²) in [6.07, 6.45) is 0.328. The van der Waals surface area contributed by atoms with Crippen molar-refractivity contribution in [2.75, 3.05) is 27.5 Å². The maximum absolute atomic E-state index is 12.5. The Bertz CT molecular complexity index is 1440. The molecule has 4 aliphatic rings. The maximum Gasteiger partial charge on any atom is 0.308 e. The summed E-state index contributed by atoms with van der Waals surface area (Å²) in [5, 5.41) is 26.6. The van der Waals surface area contributed by atoms with Crippen molar-refractivity contribution in [2.24, 2.45) is 0 Å². The van der Waals surface area contributed by atoms with Gasteiger partial charge in [0.1, 0.15) is 12.0 Å². The average Bonchev–Trinajstić information content (AvgIpc) is 3.42. The molecule has 5 atom stereocenters. The van der Waals surface area contributed by atoms with Crippen LogP contribution in [0.3, 0.4) is 0 Å². The van der Waals surface area contributed by atoms with E-state index >= 15 is 0 Å². The summed E-state index contributed by atoms with van der Waals surface area (Å²) < 4.78 is 23.2. The minimum Gasteiger partial charge on any atom is -0.504 e. The number of likely N-dealkylation sites (N-methyl/N-ethyl adjacent to an activating group) is 1. The summed E-state index contributed by atoms with van der Waals surface area (Å²) in [6.45, 7) is 7.09. The van der Waals surface area contributed by atoms with Crippen LogP contribution in [0.4, 0.5) is 0 Å². The van der Waals surface area contributed by atoms with E-state index in [1.807, 2.05) is 31.9 Å². The second-order valence-electron chi connectivity index (χ2n) is 11.3. The van der Waals surface area contributed by atoms with Crippen molar-refractivity contribution >= 4 is 11.9 Å². The number of methoxy groups -OCH3 is 1. The summed E-state index contributed by atoms with van der Waals surface area (Å²) in [5.41, 5.74) is 4.72. The monoisotopic (exact) mass is 567 g/mol. The fraction of sp³-hybridized carbons (Fsp3) is 0.533. The van der Waals surface area contributed by atoms with E-state index in [0.717, 1.165) is 27.8 Å². The van der Waals surface area contributed by atoms with E-state index in [0.29, 0.717) is 47.8 Å². The van der Waals surface area contributed by atoms with Crippen molar-refractivity contribution in [3.63, 3.8) is 0 Å². The van der Waals surface area contributed by atoms with Crippen LogP contribution in [0.1, 0.15) is 65.7 Å². The zero-order chi connectivity index (χ0) is 29.3. The number of benzene rings is 2. The number of aliphatic hydroxyl groups is 1. The number of nitrogens with zero attached hydrogens (tertiary/aromatic N) is 2. The number of hydrogen-bond acceptors (Lipinski definition) is 10. The number of rotatable bonds is 5. The molecule has 3 unspecified atom stereocenters. The zero-order valence-corrected chi connectivity index (χ0v) is 24.2. The van der Waals surface area contributed by atoms with Crippen LogP contribution >= 0.6 is 0 Å². The lowest BCUT2D eigenvalue weighted by atomic mass is 9.73. The highest BCUT2D eigenvalue weighted by Crippen LogP contribution is 2.58. The van der Waals surface area contributed by atoms with Gasteiger partial charge in [-0.2, -0.15) is 0 Å². The minimum absolute atomic E-state index is 0.0144. The second kappa shape index (κ2) is 10.1. The van der Waals surface area contributed by atoms with Crippen molar-refractivity contribution < 1.29 is 38.7 Å². The van der Waals surface area contributed by atoms with Crippen LogP contribution in [0.5, 0.6) is 28.7 Å². The molecular formula is C30H37N3O8. The van der Waals surface area contributed by atoms with Gasteiger partial charge in [-0.15, -0.1) is 0 Å². The summed E-state index contributed by atoms with van der Waals surface area (Å²) in [7, 11) is 3.51. The maximum atomic E-state index is 12.5. The van der Waals surface area contributed by atoms with Crippen LogP contribution in [0.2, 0.25) is 0 Å². The van der Waals surface area contributed by atoms with Crippen LogP contribution in [0, 0.1) is 13.8 Å². The Labute approximate surface area is 238 Å². The van der Waals surface area contributed by atoms with Crippen molar-refractivity contribution in [1.82, 2.24) is 15.1 Å². The number of piperazine rings is 1. The highest BCUT2D eigenvalue weighted by atomic mass is 16.7. The van der Waals surface area contributed by atoms with Gasteiger partial charge in [-0.3, -0.25) is 19.4 Å². The average molecular weight is 568 g/mol. The van der Waals surface area contributed by atoms with E-state index in [1.54, 1.807) is 14.0 Å². The minimum atomic E-state index is -0.896. The Kier molecular flexibility index (Phi) is 6.79. The molecule has 1 fully saturated rings. The van der Waals surface area contributed by atoms with Gasteiger partial charge in [-0.25, -0.2) is 0 Å². The zero-order valence-electron chi connectivity index (χ0n) is 24.2. The van der Waals surface area contributed by atoms with Crippen LogP contribution < -0.4 is 24.3 Å². The first kappa shape index (κ1) is 27.6. The van der Waals surface area contributed by atoms with Crippen molar-refractivity contribution in [2.45, 2.75) is 77.4 Å². The molecule has 6 rings (SSSR count). The third-order valence-corrected chi connectivity index (χ3v) is 9.16. The molecule has 41 heavy (non-hydrogen) atoms. The molecule has 4 heterocycles. The van der Waals surface area contributed by atoms with Crippen molar-refractivity contribution in [3.05, 3.63) is 39.4 Å². The largest absolute Gasteiger partial charge is 0.504 e. The van der Waals surface area contributed by atoms with E-state index < -0.39 is 18.2 Å². The topological polar surface area (TPSA) is 130 Å². The molecule has 0 aromatic heterocycles. The molecular weight excluding hydrogens is 530 g/mol. The van der Waals surface area contributed by atoms with Gasteiger partial charge in [-0.05, 0) is 44.9 Å². The summed E-state index contributed by atoms with van der Waals surface area (Å²) in [4.78, 5) is 29.0. The molecule has 4 aliphatic heterocycles. The molecule has 0 spiro atoms. The fourth-order valence-corrected chi connectivity index (χ4v) is 7.46. The van der Waals surface area contributed by atoms with Gasteiger partial charge in [-0.1, -0.05) is 13.0 Å². The number of amides is 1. The fourth-order valence-electron chi connectivity index (χ4n) is 7.46. The van der Waals surface area contributed by atoms with Crippen LogP contribution in [-0.2, 0) is 22.4 Å². The molecule has 3 N–H and O–H groups in total. The van der Waals surface area contributed by atoms with E-state index in [9.17, 15) is 19.8 Å². The van der Waals surface area contributed by atoms with E-state index in [2.05, 4.69) is 10.2 Å². The Morgan fingerprint density at radius 2 is 1.85 bits per heavy atom. The molecule has 2 bridgehead atoms. The van der Waals surface area contributed by atoms with Crippen LogP contribution in [0.15, 0.2) is 6.07 Å². The van der Waals surface area contributed by atoms with Gasteiger partial charge in [0.2, 0.25) is 12.7 Å². The van der Waals surface area contributed by atoms with Gasteiger partial charge in [0.05, 0.1) is 25.2 Å². The number of esters is 1. The number of nitrogens with one attached hydrogen (secondary N) is 1. The Balaban J connectivity index is 1.59. The summed E-state index contributed by atoms with van der Waals surface area (Å²) in [5.74, 6) is 1.38. The standard InChI is InChI=1S/C30H37N3O8/c1-7-21(35)31-11-20-23-17(27(41-15(4)34)14(3)28-29(23)40-12-39-28)10-18-24-22-16(8-13(2)26(38-6)25(22)36)9-19(32(24)5)30(37)33(18)20/h8,18-20,24,30,36-37H,7,9-12H2,1-6H3,(H,31,35)/t18?,19-,20-,24?,30?/m0/s1. The molecule has 11 heteroatoms.